The van der Waals surface area contributed by atoms with Crippen molar-refractivity contribution in [3.05, 3.63) is 29.3 Å². The third-order valence-corrected chi connectivity index (χ3v) is 4.63. The van der Waals surface area contributed by atoms with Gasteiger partial charge in [-0.15, -0.1) is 24.0 Å². The van der Waals surface area contributed by atoms with Gasteiger partial charge in [-0.05, 0) is 49.3 Å². The van der Waals surface area contributed by atoms with Gasteiger partial charge in [-0.25, -0.2) is 0 Å². The highest BCUT2D eigenvalue weighted by Gasteiger charge is 2.21. The van der Waals surface area contributed by atoms with Gasteiger partial charge >= 0.3 is 0 Å². The number of benzene rings is 1. The van der Waals surface area contributed by atoms with Gasteiger partial charge in [0.05, 0.1) is 25.9 Å². The van der Waals surface area contributed by atoms with Crippen LogP contribution in [0, 0.1) is 5.92 Å². The molecule has 3 rings (SSSR count). The summed E-state index contributed by atoms with van der Waals surface area (Å²) in [6.45, 7) is 5.88. The molecule has 0 saturated heterocycles. The molecule has 0 amide bonds. The molecule has 1 atom stereocenters. The Balaban J connectivity index is 0.00000261. The highest BCUT2D eigenvalue weighted by atomic mass is 127. The Morgan fingerprint density at radius 3 is 3.00 bits per heavy atom. The third-order valence-electron chi connectivity index (χ3n) is 4.63. The fourth-order valence-corrected chi connectivity index (χ4v) is 2.97. The van der Waals surface area contributed by atoms with Crippen LogP contribution in [0.3, 0.4) is 0 Å². The summed E-state index contributed by atoms with van der Waals surface area (Å²) in [5, 5.41) is 16.5. The summed E-state index contributed by atoms with van der Waals surface area (Å²) >= 11 is 0. The molecule has 0 bridgehead atoms. The first-order chi connectivity index (χ1) is 12.7. The zero-order chi connectivity index (χ0) is 18.2. The lowest BCUT2D eigenvalue weighted by Crippen LogP contribution is -2.39. The second kappa shape index (κ2) is 11.7. The molecule has 2 aliphatic rings. The van der Waals surface area contributed by atoms with E-state index in [0.29, 0.717) is 13.2 Å². The molecule has 1 heterocycles. The lowest BCUT2D eigenvalue weighted by molar-refractivity contribution is 0.0368. The fraction of sp³-hybridized carbons (Fsp3) is 0.650. The van der Waals surface area contributed by atoms with Crippen molar-refractivity contribution in [2.75, 3.05) is 39.5 Å². The fourth-order valence-electron chi connectivity index (χ4n) is 2.97. The van der Waals surface area contributed by atoms with E-state index in [1.54, 1.807) is 0 Å². The van der Waals surface area contributed by atoms with Crippen molar-refractivity contribution >= 4 is 29.9 Å². The molecule has 1 aromatic carbocycles. The van der Waals surface area contributed by atoms with Crippen molar-refractivity contribution in [3.63, 3.8) is 0 Å². The summed E-state index contributed by atoms with van der Waals surface area (Å²) in [5.74, 6) is 2.48. The van der Waals surface area contributed by atoms with Gasteiger partial charge in [-0.3, -0.25) is 4.99 Å². The van der Waals surface area contributed by atoms with Crippen molar-refractivity contribution in [1.82, 2.24) is 10.6 Å². The molecule has 1 saturated carbocycles. The zero-order valence-electron chi connectivity index (χ0n) is 16.1. The minimum absolute atomic E-state index is 0. The maximum atomic E-state index is 9.99. The molecule has 6 nitrogen and oxygen atoms in total. The predicted octanol–water partition coefficient (Wildman–Crippen LogP) is 2.12. The van der Waals surface area contributed by atoms with Gasteiger partial charge < -0.3 is 25.2 Å². The first kappa shape index (κ1) is 22.2. The van der Waals surface area contributed by atoms with Crippen LogP contribution in [-0.4, -0.2) is 56.6 Å². The van der Waals surface area contributed by atoms with Crippen LogP contribution < -0.4 is 15.4 Å². The summed E-state index contributed by atoms with van der Waals surface area (Å²) in [7, 11) is 0. The van der Waals surface area contributed by atoms with Gasteiger partial charge in [0.1, 0.15) is 5.75 Å². The van der Waals surface area contributed by atoms with Gasteiger partial charge in [0.15, 0.2) is 5.96 Å². The van der Waals surface area contributed by atoms with E-state index in [9.17, 15) is 5.11 Å². The second-order valence-corrected chi connectivity index (χ2v) is 7.07. The lowest BCUT2D eigenvalue weighted by atomic mass is 10.1. The van der Waals surface area contributed by atoms with Crippen LogP contribution in [-0.2, 0) is 17.6 Å². The normalized spacial score (nSPS) is 16.9. The minimum Gasteiger partial charge on any atom is -0.493 e. The van der Waals surface area contributed by atoms with Crippen LogP contribution in [0.4, 0.5) is 0 Å². The van der Waals surface area contributed by atoms with Gasteiger partial charge in [0.25, 0.3) is 0 Å². The monoisotopic (exact) mass is 489 g/mol. The topological polar surface area (TPSA) is 75.1 Å². The molecule has 1 aliphatic carbocycles. The largest absolute Gasteiger partial charge is 0.493 e. The van der Waals surface area contributed by atoms with Gasteiger partial charge in [0.2, 0.25) is 0 Å². The standard InChI is InChI=1S/C20H31N3O3.HI/c1-2-21-20(23-12-18(24)14-25-13-16-3-4-16)22-9-7-15-5-6-19-17(11-15)8-10-26-19;/h5-6,11,16,18,24H,2-4,7-10,12-14H2,1H3,(H2,21,22,23);1H. The molecule has 1 aromatic rings. The molecule has 27 heavy (non-hydrogen) atoms. The first-order valence-corrected chi connectivity index (χ1v) is 9.77. The number of guanidine groups is 1. The number of rotatable bonds is 10. The molecule has 1 unspecified atom stereocenters. The zero-order valence-corrected chi connectivity index (χ0v) is 18.4. The molecule has 0 spiro atoms. The number of aliphatic imine (C=N–C) groups is 1. The second-order valence-electron chi connectivity index (χ2n) is 7.07. The maximum absolute atomic E-state index is 9.99. The van der Waals surface area contributed by atoms with Crippen LogP contribution in [0.5, 0.6) is 5.75 Å². The molecule has 0 radical (unpaired) electrons. The number of nitrogens with zero attached hydrogens (tertiary/aromatic N) is 1. The van der Waals surface area contributed by atoms with Crippen molar-refractivity contribution in [1.29, 1.82) is 0 Å². The number of hydrogen-bond acceptors (Lipinski definition) is 4. The van der Waals surface area contributed by atoms with Gasteiger partial charge in [-0.1, -0.05) is 12.1 Å². The van der Waals surface area contributed by atoms with E-state index in [0.717, 1.165) is 56.8 Å². The van der Waals surface area contributed by atoms with Crippen molar-refractivity contribution < 1.29 is 14.6 Å². The number of halogens is 1. The van der Waals surface area contributed by atoms with Crippen molar-refractivity contribution in [3.8, 4) is 5.75 Å². The molecule has 1 fully saturated rings. The molecule has 152 valence electrons. The van der Waals surface area contributed by atoms with E-state index in [1.165, 1.54) is 24.0 Å². The van der Waals surface area contributed by atoms with E-state index in [4.69, 9.17) is 9.47 Å². The Hall–Kier alpha value is -1.06. The van der Waals surface area contributed by atoms with Crippen LogP contribution in [0.2, 0.25) is 0 Å². The quantitative estimate of drug-likeness (QED) is 0.267. The summed E-state index contributed by atoms with van der Waals surface area (Å²) < 4.78 is 11.1. The van der Waals surface area contributed by atoms with Crippen molar-refractivity contribution in [2.45, 2.75) is 38.7 Å². The Bertz CT molecular complexity index is 608. The summed E-state index contributed by atoms with van der Waals surface area (Å²) in [4.78, 5) is 4.46. The van der Waals surface area contributed by atoms with Crippen molar-refractivity contribution in [2.24, 2.45) is 10.9 Å². The molecule has 3 N–H and O–H groups in total. The Labute approximate surface area is 179 Å². The van der Waals surface area contributed by atoms with Crippen LogP contribution in [0.15, 0.2) is 23.2 Å². The average molecular weight is 489 g/mol. The van der Waals surface area contributed by atoms with Gasteiger partial charge in [0, 0.05) is 26.1 Å². The average Bonchev–Trinajstić information content (AvgIpc) is 3.34. The predicted molar refractivity (Wildman–Crippen MR) is 118 cm³/mol. The third kappa shape index (κ3) is 7.83. The van der Waals surface area contributed by atoms with E-state index < -0.39 is 6.10 Å². The molecule has 1 aliphatic heterocycles. The highest BCUT2D eigenvalue weighted by Crippen LogP contribution is 2.28. The minimum atomic E-state index is -0.555. The Morgan fingerprint density at radius 2 is 2.22 bits per heavy atom. The van der Waals surface area contributed by atoms with Gasteiger partial charge in [-0.2, -0.15) is 0 Å². The molecule has 0 aromatic heterocycles. The summed E-state index contributed by atoms with van der Waals surface area (Å²) in [6.07, 6.45) is 3.90. The number of aliphatic hydroxyl groups is 1. The smallest absolute Gasteiger partial charge is 0.191 e. The number of hydrogen-bond donors (Lipinski definition) is 3. The molecule has 7 heteroatoms. The molecular weight excluding hydrogens is 457 g/mol. The van der Waals surface area contributed by atoms with Crippen LogP contribution in [0.25, 0.3) is 0 Å². The lowest BCUT2D eigenvalue weighted by Gasteiger charge is -2.13. The van der Waals surface area contributed by atoms with Crippen LogP contribution in [0.1, 0.15) is 30.9 Å². The highest BCUT2D eigenvalue weighted by molar-refractivity contribution is 14.0. The Kier molecular flexibility index (Phi) is 9.64. The van der Waals surface area contributed by atoms with E-state index in [1.807, 2.05) is 6.92 Å². The number of ether oxygens (including phenoxy) is 2. The van der Waals surface area contributed by atoms with Crippen LogP contribution >= 0.6 is 24.0 Å². The van der Waals surface area contributed by atoms with E-state index in [2.05, 4.69) is 33.8 Å². The van der Waals surface area contributed by atoms with E-state index in [-0.39, 0.29) is 24.0 Å². The summed E-state index contributed by atoms with van der Waals surface area (Å²) in [5.41, 5.74) is 2.60. The maximum Gasteiger partial charge on any atom is 0.191 e. The molecular formula is C20H32IN3O3. The first-order valence-electron chi connectivity index (χ1n) is 9.77. The number of nitrogens with one attached hydrogen (secondary N) is 2. The van der Waals surface area contributed by atoms with E-state index >= 15 is 0 Å². The number of aliphatic hydroxyl groups excluding tert-OH is 1. The number of fused-ring (bicyclic) bond motifs is 1. The summed E-state index contributed by atoms with van der Waals surface area (Å²) in [6, 6.07) is 6.42. The SMILES string of the molecule is CCNC(=NCC(O)COCC1CC1)NCCc1ccc2c(c1)CCO2.I. The Morgan fingerprint density at radius 1 is 1.37 bits per heavy atom.